The molecule has 1 aliphatic carbocycles. The molecule has 0 aromatic carbocycles. The van der Waals surface area contributed by atoms with Crippen LogP contribution in [-0.4, -0.2) is 37.1 Å². The molecule has 2 fully saturated rings. The fraction of sp³-hybridized carbons (Fsp3) is 1.00. The molecule has 1 N–H and O–H groups in total. The van der Waals surface area contributed by atoms with Gasteiger partial charge in [0.25, 0.3) is 0 Å². The van der Waals surface area contributed by atoms with Gasteiger partial charge < -0.3 is 10.2 Å². The second kappa shape index (κ2) is 5.50. The summed E-state index contributed by atoms with van der Waals surface area (Å²) >= 11 is 0. The molecule has 1 aliphatic heterocycles. The van der Waals surface area contributed by atoms with Crippen molar-refractivity contribution in [2.75, 3.05) is 20.1 Å². The molecule has 2 aliphatic rings. The van der Waals surface area contributed by atoms with E-state index in [1.807, 2.05) is 0 Å². The smallest absolute Gasteiger partial charge is 0.0200 e. The van der Waals surface area contributed by atoms with Crippen molar-refractivity contribution in [1.82, 2.24) is 10.2 Å². The second-order valence-electron chi connectivity index (χ2n) is 6.37. The van der Waals surface area contributed by atoms with E-state index in [0.717, 1.165) is 23.9 Å². The number of hydrogen-bond acceptors (Lipinski definition) is 2. The molecule has 1 saturated heterocycles. The Hall–Kier alpha value is -0.0800. The zero-order valence-corrected chi connectivity index (χ0v) is 11.2. The first-order valence-corrected chi connectivity index (χ1v) is 7.09. The molecule has 2 rings (SSSR count). The predicted octanol–water partition coefficient (Wildman–Crippen LogP) is 2.49. The minimum absolute atomic E-state index is 0.720. The normalized spacial score (nSPS) is 37.1. The molecule has 1 saturated carbocycles. The molecule has 0 aromatic heterocycles. The van der Waals surface area contributed by atoms with Crippen LogP contribution in [0, 0.1) is 11.8 Å². The Morgan fingerprint density at radius 1 is 1.19 bits per heavy atom. The van der Waals surface area contributed by atoms with E-state index in [1.165, 1.54) is 45.2 Å². The van der Waals surface area contributed by atoms with E-state index in [1.54, 1.807) is 0 Å². The minimum Gasteiger partial charge on any atom is -0.310 e. The third kappa shape index (κ3) is 3.21. The Morgan fingerprint density at radius 3 is 2.69 bits per heavy atom. The first-order chi connectivity index (χ1) is 7.65. The summed E-state index contributed by atoms with van der Waals surface area (Å²) in [5, 5.41) is 3.94. The van der Waals surface area contributed by atoms with Crippen molar-refractivity contribution in [2.24, 2.45) is 11.8 Å². The van der Waals surface area contributed by atoms with Crippen LogP contribution in [0.15, 0.2) is 0 Å². The third-order valence-corrected chi connectivity index (χ3v) is 4.19. The largest absolute Gasteiger partial charge is 0.310 e. The minimum atomic E-state index is 0.720. The van der Waals surface area contributed by atoms with Gasteiger partial charge in [0, 0.05) is 25.2 Å². The van der Waals surface area contributed by atoms with E-state index < -0.39 is 0 Å². The maximum Gasteiger partial charge on any atom is 0.0200 e. The molecule has 16 heavy (non-hydrogen) atoms. The van der Waals surface area contributed by atoms with Crippen LogP contribution in [-0.2, 0) is 0 Å². The number of hydrogen-bond donors (Lipinski definition) is 1. The molecule has 0 bridgehead atoms. The van der Waals surface area contributed by atoms with Gasteiger partial charge in [-0.15, -0.1) is 0 Å². The number of nitrogens with zero attached hydrogens (tertiary/aromatic N) is 1. The van der Waals surface area contributed by atoms with Crippen molar-refractivity contribution < 1.29 is 0 Å². The molecule has 0 aromatic rings. The summed E-state index contributed by atoms with van der Waals surface area (Å²) < 4.78 is 0. The summed E-state index contributed by atoms with van der Waals surface area (Å²) in [5.74, 6) is 1.72. The van der Waals surface area contributed by atoms with Crippen LogP contribution < -0.4 is 5.32 Å². The van der Waals surface area contributed by atoms with Crippen molar-refractivity contribution in [3.05, 3.63) is 0 Å². The Kier molecular flexibility index (Phi) is 4.26. The van der Waals surface area contributed by atoms with Gasteiger partial charge in [-0.3, -0.25) is 0 Å². The van der Waals surface area contributed by atoms with Crippen LogP contribution in [0.5, 0.6) is 0 Å². The molecule has 3 unspecified atom stereocenters. The van der Waals surface area contributed by atoms with Gasteiger partial charge >= 0.3 is 0 Å². The summed E-state index contributed by atoms with van der Waals surface area (Å²) in [7, 11) is 2.30. The monoisotopic (exact) mass is 224 g/mol. The van der Waals surface area contributed by atoms with Crippen LogP contribution in [0.4, 0.5) is 0 Å². The quantitative estimate of drug-likeness (QED) is 0.775. The fourth-order valence-corrected chi connectivity index (χ4v) is 3.56. The van der Waals surface area contributed by atoms with Gasteiger partial charge in [-0.05, 0) is 38.1 Å². The van der Waals surface area contributed by atoms with E-state index >= 15 is 0 Å². The molecule has 1 heterocycles. The first-order valence-electron chi connectivity index (χ1n) is 7.09. The van der Waals surface area contributed by atoms with Crippen LogP contribution in [0.3, 0.4) is 0 Å². The molecule has 3 atom stereocenters. The number of fused-ring (bicyclic) bond motifs is 1. The number of nitrogens with one attached hydrogen (secondary N) is 1. The summed E-state index contributed by atoms with van der Waals surface area (Å²) in [4.78, 5) is 2.55. The third-order valence-electron chi connectivity index (χ3n) is 4.19. The van der Waals surface area contributed by atoms with E-state index in [2.05, 4.69) is 31.1 Å². The van der Waals surface area contributed by atoms with Crippen molar-refractivity contribution in [3.63, 3.8) is 0 Å². The maximum absolute atomic E-state index is 3.94. The van der Waals surface area contributed by atoms with E-state index in [4.69, 9.17) is 0 Å². The Balaban J connectivity index is 1.96. The van der Waals surface area contributed by atoms with Gasteiger partial charge in [0.2, 0.25) is 0 Å². The van der Waals surface area contributed by atoms with Crippen molar-refractivity contribution in [1.29, 1.82) is 0 Å². The van der Waals surface area contributed by atoms with Crippen LogP contribution >= 0.6 is 0 Å². The Morgan fingerprint density at radius 2 is 1.94 bits per heavy atom. The second-order valence-corrected chi connectivity index (χ2v) is 6.37. The van der Waals surface area contributed by atoms with Crippen LogP contribution in [0.25, 0.3) is 0 Å². The molecule has 94 valence electrons. The first kappa shape index (κ1) is 12.4. The summed E-state index contributed by atoms with van der Waals surface area (Å²) in [6.45, 7) is 7.23. The average molecular weight is 224 g/mol. The molecule has 0 radical (unpaired) electrons. The number of rotatable bonds is 2. The average Bonchev–Trinajstić information content (AvgIpc) is 2.33. The zero-order valence-electron chi connectivity index (χ0n) is 11.2. The lowest BCUT2D eigenvalue weighted by Gasteiger charge is -2.32. The van der Waals surface area contributed by atoms with Gasteiger partial charge in [-0.1, -0.05) is 26.7 Å². The van der Waals surface area contributed by atoms with Crippen LogP contribution in [0.1, 0.15) is 46.0 Å². The fourth-order valence-electron chi connectivity index (χ4n) is 3.56. The summed E-state index contributed by atoms with van der Waals surface area (Å²) in [6.07, 6.45) is 7.06. The predicted molar refractivity (Wildman–Crippen MR) is 69.6 cm³/mol. The SMILES string of the molecule is CC(C)CC1CN(C)CC2CCCCC2N1. The molecule has 0 amide bonds. The molecule has 2 heteroatoms. The lowest BCUT2D eigenvalue weighted by molar-refractivity contribution is 0.232. The highest BCUT2D eigenvalue weighted by Crippen LogP contribution is 2.28. The Bertz CT molecular complexity index is 215. The molecular formula is C14H28N2. The van der Waals surface area contributed by atoms with E-state index in [9.17, 15) is 0 Å². The molecular weight excluding hydrogens is 196 g/mol. The lowest BCUT2D eigenvalue weighted by atomic mass is 9.84. The van der Waals surface area contributed by atoms with Crippen molar-refractivity contribution in [2.45, 2.75) is 58.0 Å². The number of likely N-dealkylation sites (N-methyl/N-ethyl adjacent to an activating group) is 1. The maximum atomic E-state index is 3.94. The van der Waals surface area contributed by atoms with Gasteiger partial charge in [0.1, 0.15) is 0 Å². The van der Waals surface area contributed by atoms with E-state index in [0.29, 0.717) is 0 Å². The Labute approximate surface area is 101 Å². The molecule has 0 spiro atoms. The van der Waals surface area contributed by atoms with Crippen molar-refractivity contribution in [3.8, 4) is 0 Å². The topological polar surface area (TPSA) is 15.3 Å². The van der Waals surface area contributed by atoms with Crippen molar-refractivity contribution >= 4 is 0 Å². The zero-order chi connectivity index (χ0) is 11.5. The molecule has 2 nitrogen and oxygen atoms in total. The standard InChI is InChI=1S/C14H28N2/c1-11(2)8-13-10-16(3)9-12-6-4-5-7-14(12)15-13/h11-15H,4-10H2,1-3H3. The summed E-state index contributed by atoms with van der Waals surface area (Å²) in [5.41, 5.74) is 0. The van der Waals surface area contributed by atoms with Crippen LogP contribution in [0.2, 0.25) is 0 Å². The van der Waals surface area contributed by atoms with Gasteiger partial charge in [-0.25, -0.2) is 0 Å². The van der Waals surface area contributed by atoms with E-state index in [-0.39, 0.29) is 0 Å². The highest BCUT2D eigenvalue weighted by molar-refractivity contribution is 4.89. The van der Waals surface area contributed by atoms with Gasteiger partial charge in [0.05, 0.1) is 0 Å². The highest BCUT2D eigenvalue weighted by Gasteiger charge is 2.31. The lowest BCUT2D eigenvalue weighted by Crippen LogP contribution is -2.44. The van der Waals surface area contributed by atoms with Gasteiger partial charge in [0.15, 0.2) is 0 Å². The highest BCUT2D eigenvalue weighted by atomic mass is 15.2. The van der Waals surface area contributed by atoms with Gasteiger partial charge in [-0.2, -0.15) is 0 Å². The summed E-state index contributed by atoms with van der Waals surface area (Å²) in [6, 6.07) is 1.53.